The van der Waals surface area contributed by atoms with Crippen molar-refractivity contribution in [2.24, 2.45) is 0 Å². The predicted molar refractivity (Wildman–Crippen MR) is 71.5 cm³/mol. The van der Waals surface area contributed by atoms with E-state index in [1.54, 1.807) is 0 Å². The van der Waals surface area contributed by atoms with Gasteiger partial charge in [-0.25, -0.2) is 0 Å². The molecule has 1 rings (SSSR count). The molecule has 0 amide bonds. The van der Waals surface area contributed by atoms with Crippen LogP contribution < -0.4 is 0 Å². The summed E-state index contributed by atoms with van der Waals surface area (Å²) in [6.45, 7) is 0. The van der Waals surface area contributed by atoms with Gasteiger partial charge in [-0.3, -0.25) is 4.79 Å². The lowest BCUT2D eigenvalue weighted by molar-refractivity contribution is -0.459. The van der Waals surface area contributed by atoms with Gasteiger partial charge in [0.25, 0.3) is 0 Å². The highest BCUT2D eigenvalue weighted by atomic mass is 19.4. The van der Waals surface area contributed by atoms with Crippen molar-refractivity contribution in [3.8, 4) is 0 Å². The maximum Gasteiger partial charge on any atom is 0.460 e. The minimum Gasteiger partial charge on any atom is -0.287 e. The van der Waals surface area contributed by atoms with Gasteiger partial charge in [0.15, 0.2) is 0 Å². The second-order valence-corrected chi connectivity index (χ2v) is 6.21. The monoisotopic (exact) mass is 524 g/mol. The third kappa shape index (κ3) is 3.68. The lowest BCUT2D eigenvalue weighted by Gasteiger charge is -2.42. The number of carbonyl (C=O) groups is 1. The highest BCUT2D eigenvalue weighted by molar-refractivity contribution is 6.02. The first-order valence-corrected chi connectivity index (χ1v) is 7.58. The number of hydrogen-bond donors (Lipinski definition) is 0. The third-order valence-corrected chi connectivity index (χ3v) is 4.04. The molecule has 1 nitrogen and oxygen atoms in total. The van der Waals surface area contributed by atoms with Crippen molar-refractivity contribution in [2.45, 2.75) is 47.6 Å². The molecule has 33 heavy (non-hydrogen) atoms. The fourth-order valence-electron chi connectivity index (χ4n) is 2.08. The standard InChI is InChI=1S/C15H5F17O/c16-8(17,7(33)6-4-2-1-3-5-6)9(18,19)10(20,21)11(22,23)12(24,25)13(26,27)14(28,29)15(30,31)32/h1-5H. The van der Waals surface area contributed by atoms with Crippen molar-refractivity contribution >= 4 is 5.78 Å². The largest absolute Gasteiger partial charge is 0.460 e. The third-order valence-electron chi connectivity index (χ3n) is 4.04. The molecule has 1 aromatic rings. The summed E-state index contributed by atoms with van der Waals surface area (Å²) in [6.07, 6.45) is -7.82. The van der Waals surface area contributed by atoms with Gasteiger partial charge >= 0.3 is 47.6 Å². The van der Waals surface area contributed by atoms with Gasteiger partial charge < -0.3 is 0 Å². The van der Waals surface area contributed by atoms with Crippen molar-refractivity contribution in [2.75, 3.05) is 0 Å². The van der Waals surface area contributed by atoms with E-state index in [4.69, 9.17) is 0 Å². The second-order valence-electron chi connectivity index (χ2n) is 6.21. The van der Waals surface area contributed by atoms with E-state index in [0.717, 1.165) is 6.07 Å². The average molecular weight is 524 g/mol. The molecule has 190 valence electrons. The maximum atomic E-state index is 13.7. The first-order chi connectivity index (χ1) is 14.3. The van der Waals surface area contributed by atoms with Crippen molar-refractivity contribution in [3.63, 3.8) is 0 Å². The molecule has 0 heterocycles. The summed E-state index contributed by atoms with van der Waals surface area (Å²) in [5, 5.41) is 0. The Morgan fingerprint density at radius 3 is 1.09 bits per heavy atom. The molecule has 0 spiro atoms. The first kappa shape index (κ1) is 28.7. The Kier molecular flexibility index (Phi) is 6.63. The van der Waals surface area contributed by atoms with E-state index < -0.39 is 59.0 Å². The van der Waals surface area contributed by atoms with Crippen LogP contribution in [0, 0.1) is 0 Å². The summed E-state index contributed by atoms with van der Waals surface area (Å²) < 4.78 is 223. The SMILES string of the molecule is O=C(c1ccccc1)C(F)(F)C(F)(F)C(F)(F)C(F)(F)C(F)(F)C(F)(F)C(F)(F)C(F)(F)F. The van der Waals surface area contributed by atoms with Crippen LogP contribution >= 0.6 is 0 Å². The fraction of sp³-hybridized carbons (Fsp3) is 0.533. The molecule has 0 atom stereocenters. The lowest BCUT2D eigenvalue weighted by atomic mass is 9.87. The van der Waals surface area contributed by atoms with Crippen molar-refractivity contribution in [1.29, 1.82) is 0 Å². The number of benzene rings is 1. The minimum atomic E-state index is -8.72. The average Bonchev–Trinajstić information content (AvgIpc) is 2.66. The number of hydrogen-bond acceptors (Lipinski definition) is 1. The van der Waals surface area contributed by atoms with E-state index in [1.807, 2.05) is 0 Å². The Labute approximate surface area is 170 Å². The first-order valence-electron chi connectivity index (χ1n) is 7.58. The minimum absolute atomic E-state index is 0.218. The van der Waals surface area contributed by atoms with Crippen LogP contribution in [0.5, 0.6) is 0 Å². The molecule has 0 unspecified atom stereocenters. The van der Waals surface area contributed by atoms with E-state index in [-0.39, 0.29) is 12.1 Å². The summed E-state index contributed by atoms with van der Waals surface area (Å²) in [4.78, 5) is 11.4. The van der Waals surface area contributed by atoms with Crippen LogP contribution in [0.25, 0.3) is 0 Å². The van der Waals surface area contributed by atoms with E-state index in [2.05, 4.69) is 0 Å². The molecule has 0 bridgehead atoms. The molecule has 0 aromatic heterocycles. The Balaban J connectivity index is 3.68. The second kappa shape index (κ2) is 7.61. The molecular formula is C15H5F17O. The summed E-state index contributed by atoms with van der Waals surface area (Å²) in [5.41, 5.74) is -1.61. The van der Waals surface area contributed by atoms with Crippen molar-refractivity contribution in [1.82, 2.24) is 0 Å². The summed E-state index contributed by atoms with van der Waals surface area (Å²) in [6, 6.07) is 2.65. The van der Waals surface area contributed by atoms with Gasteiger partial charge in [0.1, 0.15) is 0 Å². The van der Waals surface area contributed by atoms with Gasteiger partial charge in [0.2, 0.25) is 5.78 Å². The van der Waals surface area contributed by atoms with Crippen LogP contribution in [0.15, 0.2) is 30.3 Å². The molecule has 18 heteroatoms. The molecule has 0 aliphatic heterocycles. The normalized spacial score (nSPS) is 15.5. The molecule has 0 N–H and O–H groups in total. The highest BCUT2D eigenvalue weighted by Gasteiger charge is 2.95. The maximum absolute atomic E-state index is 13.7. The van der Waals surface area contributed by atoms with Gasteiger partial charge in [-0.05, 0) is 0 Å². The molecule has 0 aliphatic carbocycles. The van der Waals surface area contributed by atoms with Crippen LogP contribution in [0.2, 0.25) is 0 Å². The quantitative estimate of drug-likeness (QED) is 0.268. The molecule has 1 aromatic carbocycles. The zero-order chi connectivity index (χ0) is 26.7. The van der Waals surface area contributed by atoms with Gasteiger partial charge in [0, 0.05) is 5.56 Å². The van der Waals surface area contributed by atoms with Crippen molar-refractivity contribution in [3.05, 3.63) is 35.9 Å². The number of ketones is 1. The van der Waals surface area contributed by atoms with Crippen LogP contribution in [0.1, 0.15) is 10.4 Å². The van der Waals surface area contributed by atoms with Crippen LogP contribution in [-0.4, -0.2) is 53.4 Å². The smallest absolute Gasteiger partial charge is 0.287 e. The zero-order valence-electron chi connectivity index (χ0n) is 14.7. The Morgan fingerprint density at radius 1 is 0.455 bits per heavy atom. The summed E-state index contributed by atoms with van der Waals surface area (Å²) in [5.74, 6) is -61.3. The number of alkyl halides is 17. The molecule has 0 saturated heterocycles. The molecule has 0 fully saturated rings. The summed E-state index contributed by atoms with van der Waals surface area (Å²) in [7, 11) is 0. The Morgan fingerprint density at radius 2 is 0.758 bits per heavy atom. The molecule has 0 aliphatic rings. The fourth-order valence-corrected chi connectivity index (χ4v) is 2.08. The predicted octanol–water partition coefficient (Wildman–Crippen LogP) is 6.88. The Bertz CT molecular complexity index is 868. The molecular weight excluding hydrogens is 519 g/mol. The Hall–Kier alpha value is -2.30. The number of Topliss-reactive ketones (excluding diaryl/α,β-unsaturated/α-hetero) is 1. The van der Waals surface area contributed by atoms with Crippen LogP contribution in [0.4, 0.5) is 74.6 Å². The van der Waals surface area contributed by atoms with Gasteiger partial charge in [-0.1, -0.05) is 30.3 Å². The summed E-state index contributed by atoms with van der Waals surface area (Å²) >= 11 is 0. The highest BCUT2D eigenvalue weighted by Crippen LogP contribution is 2.64. The lowest BCUT2D eigenvalue weighted by Crippen LogP contribution is -2.75. The number of carbonyl (C=O) groups excluding carboxylic acids is 1. The van der Waals surface area contributed by atoms with Crippen LogP contribution in [-0.2, 0) is 0 Å². The number of rotatable bonds is 8. The van der Waals surface area contributed by atoms with E-state index in [0.29, 0.717) is 12.1 Å². The van der Waals surface area contributed by atoms with Crippen molar-refractivity contribution < 1.29 is 79.4 Å². The molecule has 0 saturated carbocycles. The van der Waals surface area contributed by atoms with Gasteiger partial charge in [0.05, 0.1) is 0 Å². The van der Waals surface area contributed by atoms with E-state index in [9.17, 15) is 79.4 Å². The number of halogens is 17. The van der Waals surface area contributed by atoms with E-state index >= 15 is 0 Å². The zero-order valence-corrected chi connectivity index (χ0v) is 14.7. The van der Waals surface area contributed by atoms with Gasteiger partial charge in [-0.15, -0.1) is 0 Å². The van der Waals surface area contributed by atoms with Crippen LogP contribution in [0.3, 0.4) is 0 Å². The van der Waals surface area contributed by atoms with E-state index in [1.165, 1.54) is 0 Å². The van der Waals surface area contributed by atoms with Gasteiger partial charge in [-0.2, -0.15) is 74.6 Å². The molecule has 0 radical (unpaired) electrons. The topological polar surface area (TPSA) is 17.1 Å².